The Kier molecular flexibility index (Phi) is 4.09. The number of nitrogens with zero attached hydrogens (tertiary/aromatic N) is 1. The van der Waals surface area contributed by atoms with Gasteiger partial charge < -0.3 is 9.52 Å². The molecule has 1 aromatic heterocycles. The summed E-state index contributed by atoms with van der Waals surface area (Å²) in [5.74, 6) is -3.43. The van der Waals surface area contributed by atoms with Crippen molar-refractivity contribution in [1.29, 1.82) is 0 Å². The number of rotatable bonds is 2. The van der Waals surface area contributed by atoms with Crippen molar-refractivity contribution in [2.45, 2.75) is 6.18 Å². The van der Waals surface area contributed by atoms with E-state index in [1.54, 1.807) is 12.1 Å². The minimum atomic E-state index is -4.90. The molecule has 0 aliphatic rings. The Morgan fingerprint density at radius 1 is 1.40 bits per heavy atom. The van der Waals surface area contributed by atoms with Gasteiger partial charge in [-0.25, -0.2) is 9.78 Å². The van der Waals surface area contributed by atoms with Gasteiger partial charge in [-0.1, -0.05) is 15.9 Å². The molecule has 1 N–H and O–H groups in total. The fourth-order valence-corrected chi connectivity index (χ4v) is 2.36. The Hall–Kier alpha value is -1.10. The van der Waals surface area contributed by atoms with Crippen LogP contribution in [-0.4, -0.2) is 16.1 Å². The number of carbonyl (C=O) groups is 1. The lowest BCUT2D eigenvalue weighted by Crippen LogP contribution is -2.11. The molecule has 106 valence electrons. The number of alkyl halides is 3. The smallest absolute Gasteiger partial charge is 0.437 e. The summed E-state index contributed by atoms with van der Waals surface area (Å²) in [5, 5.41) is 8.77. The van der Waals surface area contributed by atoms with Crippen molar-refractivity contribution in [3.8, 4) is 11.5 Å². The minimum Gasteiger partial charge on any atom is -0.475 e. The van der Waals surface area contributed by atoms with Crippen LogP contribution in [0.25, 0.3) is 11.5 Å². The second kappa shape index (κ2) is 5.35. The minimum absolute atomic E-state index is 0.276. The number of aromatic carboxylic acids is 1. The fraction of sp³-hybridized carbons (Fsp3) is 0.0909. The third-order valence-corrected chi connectivity index (χ3v) is 3.68. The average Bonchev–Trinajstić information content (AvgIpc) is 2.77. The molecule has 1 heterocycles. The van der Waals surface area contributed by atoms with Crippen LogP contribution in [0.5, 0.6) is 0 Å². The molecule has 0 amide bonds. The zero-order chi connectivity index (χ0) is 15.1. The zero-order valence-corrected chi connectivity index (χ0v) is 13.1. The van der Waals surface area contributed by atoms with Crippen molar-refractivity contribution in [3.63, 3.8) is 0 Å². The fourth-order valence-electron chi connectivity index (χ4n) is 1.43. The van der Waals surface area contributed by atoms with E-state index < -0.39 is 23.6 Å². The number of oxazole rings is 1. The highest BCUT2D eigenvalue weighted by atomic mass is 127. The van der Waals surface area contributed by atoms with Crippen molar-refractivity contribution in [1.82, 2.24) is 4.98 Å². The Balaban J connectivity index is 2.65. The topological polar surface area (TPSA) is 63.3 Å². The molecule has 1 aromatic carbocycles. The van der Waals surface area contributed by atoms with E-state index in [9.17, 15) is 18.0 Å². The van der Waals surface area contributed by atoms with Crippen LogP contribution >= 0.6 is 38.5 Å². The lowest BCUT2D eigenvalue weighted by molar-refractivity contribution is -0.141. The van der Waals surface area contributed by atoms with Crippen LogP contribution in [0.15, 0.2) is 27.1 Å². The quantitative estimate of drug-likeness (QED) is 0.672. The van der Waals surface area contributed by atoms with Crippen molar-refractivity contribution < 1.29 is 27.5 Å². The molecular formula is C11H4BrF3INO3. The maximum Gasteiger partial charge on any atom is 0.437 e. The highest BCUT2D eigenvalue weighted by molar-refractivity contribution is 14.1. The molecule has 0 bridgehead atoms. The second-order valence-electron chi connectivity index (χ2n) is 3.62. The van der Waals surface area contributed by atoms with Gasteiger partial charge in [0.05, 0.1) is 5.56 Å². The molecule has 4 nitrogen and oxygen atoms in total. The first-order valence-corrected chi connectivity index (χ1v) is 6.84. The highest BCUT2D eigenvalue weighted by Crippen LogP contribution is 2.36. The third kappa shape index (κ3) is 2.97. The molecule has 0 fully saturated rings. The molecule has 0 radical (unpaired) electrons. The maximum atomic E-state index is 12.7. The molecule has 0 spiro atoms. The van der Waals surface area contributed by atoms with Crippen LogP contribution in [0.3, 0.4) is 0 Å². The van der Waals surface area contributed by atoms with Gasteiger partial charge in [0.2, 0.25) is 11.7 Å². The molecule has 0 aliphatic heterocycles. The van der Waals surface area contributed by atoms with Gasteiger partial charge in [0.15, 0.2) is 5.69 Å². The Labute approximate surface area is 132 Å². The van der Waals surface area contributed by atoms with Gasteiger partial charge in [-0.3, -0.25) is 0 Å². The molecule has 0 saturated heterocycles. The van der Waals surface area contributed by atoms with E-state index in [2.05, 4.69) is 20.9 Å². The largest absolute Gasteiger partial charge is 0.475 e. The van der Waals surface area contributed by atoms with Crippen molar-refractivity contribution in [2.24, 2.45) is 0 Å². The van der Waals surface area contributed by atoms with Crippen LogP contribution in [0.2, 0.25) is 0 Å². The van der Waals surface area contributed by atoms with Gasteiger partial charge >= 0.3 is 12.1 Å². The van der Waals surface area contributed by atoms with Gasteiger partial charge in [-0.2, -0.15) is 13.2 Å². The van der Waals surface area contributed by atoms with Crippen molar-refractivity contribution in [3.05, 3.63) is 37.7 Å². The number of carboxylic acids is 1. The molecule has 2 aromatic rings. The molecular weight excluding hydrogens is 458 g/mol. The molecule has 0 atom stereocenters. The van der Waals surface area contributed by atoms with Crippen molar-refractivity contribution >= 4 is 44.5 Å². The molecule has 9 heteroatoms. The summed E-state index contributed by atoms with van der Waals surface area (Å²) in [6, 6.07) is 4.83. The van der Waals surface area contributed by atoms with Gasteiger partial charge in [0, 0.05) is 8.04 Å². The summed E-state index contributed by atoms with van der Waals surface area (Å²) in [7, 11) is 0. The normalized spacial score (nSPS) is 11.7. The second-order valence-corrected chi connectivity index (χ2v) is 5.70. The summed E-state index contributed by atoms with van der Waals surface area (Å²) >= 11 is 5.07. The highest BCUT2D eigenvalue weighted by Gasteiger charge is 2.41. The number of hydrogen-bond donors (Lipinski definition) is 1. The van der Waals surface area contributed by atoms with Crippen LogP contribution in [0.1, 0.15) is 16.2 Å². The lowest BCUT2D eigenvalue weighted by atomic mass is 10.2. The van der Waals surface area contributed by atoms with Gasteiger partial charge in [0.1, 0.15) is 0 Å². The molecule has 0 saturated carbocycles. The first-order valence-electron chi connectivity index (χ1n) is 4.97. The summed E-state index contributed by atoms with van der Waals surface area (Å²) in [6.07, 6.45) is -4.90. The van der Waals surface area contributed by atoms with Gasteiger partial charge in [-0.15, -0.1) is 0 Å². The number of carboxylic acid groups (broad SMARTS) is 1. The van der Waals surface area contributed by atoms with E-state index in [4.69, 9.17) is 9.52 Å². The molecule has 20 heavy (non-hydrogen) atoms. The monoisotopic (exact) mass is 461 g/mol. The number of halogens is 5. The van der Waals surface area contributed by atoms with Crippen LogP contribution in [0.4, 0.5) is 13.2 Å². The van der Waals surface area contributed by atoms with E-state index in [-0.39, 0.29) is 11.5 Å². The standard InChI is InChI=1S/C11H4BrF3INO3/c12-4-1-2-6(16)5(3-4)9-17-8(11(13,14)15)7(20-9)10(18)19/h1-3H,(H,18,19). The lowest BCUT2D eigenvalue weighted by Gasteiger charge is -2.01. The van der Waals surface area contributed by atoms with E-state index in [0.717, 1.165) is 0 Å². The summed E-state index contributed by atoms with van der Waals surface area (Å²) in [4.78, 5) is 14.1. The van der Waals surface area contributed by atoms with E-state index in [1.165, 1.54) is 6.07 Å². The first kappa shape index (κ1) is 15.3. The maximum absolute atomic E-state index is 12.7. The Morgan fingerprint density at radius 2 is 2.05 bits per heavy atom. The molecule has 2 rings (SSSR count). The number of benzene rings is 1. The summed E-state index contributed by atoms with van der Waals surface area (Å²) in [5.41, 5.74) is -1.27. The van der Waals surface area contributed by atoms with E-state index in [0.29, 0.717) is 8.04 Å². The SMILES string of the molecule is O=C(O)c1oc(-c2cc(Br)ccc2I)nc1C(F)(F)F. The zero-order valence-electron chi connectivity index (χ0n) is 9.33. The van der Waals surface area contributed by atoms with E-state index in [1.807, 2.05) is 22.6 Å². The van der Waals surface area contributed by atoms with Crippen molar-refractivity contribution in [2.75, 3.05) is 0 Å². The van der Waals surface area contributed by atoms with Gasteiger partial charge in [-0.05, 0) is 40.8 Å². The molecule has 0 aliphatic carbocycles. The van der Waals surface area contributed by atoms with Crippen LogP contribution in [0, 0.1) is 3.57 Å². The van der Waals surface area contributed by atoms with Gasteiger partial charge in [0.25, 0.3) is 0 Å². The Morgan fingerprint density at radius 3 is 2.55 bits per heavy atom. The third-order valence-electron chi connectivity index (χ3n) is 2.25. The van der Waals surface area contributed by atoms with Crippen LogP contribution < -0.4 is 0 Å². The molecule has 0 unspecified atom stereocenters. The number of aromatic nitrogens is 1. The van der Waals surface area contributed by atoms with E-state index >= 15 is 0 Å². The summed E-state index contributed by atoms with van der Waals surface area (Å²) in [6.45, 7) is 0. The Bertz CT molecular complexity index is 684. The predicted octanol–water partition coefficient (Wildman–Crippen LogP) is 4.43. The summed E-state index contributed by atoms with van der Waals surface area (Å²) < 4.78 is 44.1. The van der Waals surface area contributed by atoms with Crippen LogP contribution in [-0.2, 0) is 6.18 Å². The first-order chi connectivity index (χ1) is 9.20. The number of hydrogen-bond acceptors (Lipinski definition) is 3. The predicted molar refractivity (Wildman–Crippen MR) is 74.3 cm³/mol. The average molecular weight is 462 g/mol.